The summed E-state index contributed by atoms with van der Waals surface area (Å²) >= 11 is 3.36. The fourth-order valence-electron chi connectivity index (χ4n) is 1.98. The van der Waals surface area contributed by atoms with Gasteiger partial charge in [-0.05, 0) is 28.9 Å². The Morgan fingerprint density at radius 3 is 2.76 bits per heavy atom. The highest BCUT2D eigenvalue weighted by Crippen LogP contribution is 2.36. The van der Waals surface area contributed by atoms with Crippen molar-refractivity contribution in [3.63, 3.8) is 0 Å². The van der Waals surface area contributed by atoms with Gasteiger partial charge in [-0.25, -0.2) is 0 Å². The van der Waals surface area contributed by atoms with E-state index in [0.717, 1.165) is 23.2 Å². The van der Waals surface area contributed by atoms with E-state index in [1.807, 2.05) is 6.07 Å². The summed E-state index contributed by atoms with van der Waals surface area (Å²) < 4.78 is 0.728. The summed E-state index contributed by atoms with van der Waals surface area (Å²) in [5.41, 5.74) is 1.73. The molecule has 0 spiro atoms. The predicted octanol–water partition coefficient (Wildman–Crippen LogP) is 2.09. The number of nitrogens with zero attached hydrogens (tertiary/aromatic N) is 2. The van der Waals surface area contributed by atoms with E-state index in [1.54, 1.807) is 6.92 Å². The van der Waals surface area contributed by atoms with E-state index in [1.165, 1.54) is 6.07 Å². The summed E-state index contributed by atoms with van der Waals surface area (Å²) in [6, 6.07) is 3.35. The summed E-state index contributed by atoms with van der Waals surface area (Å²) in [6.07, 6.45) is 0. The molecule has 6 heteroatoms. The van der Waals surface area contributed by atoms with Gasteiger partial charge in [-0.15, -0.1) is 0 Å². The van der Waals surface area contributed by atoms with Gasteiger partial charge in [0.1, 0.15) is 0 Å². The molecule has 92 valence electrons. The van der Waals surface area contributed by atoms with Gasteiger partial charge < -0.3 is 10.0 Å². The number of rotatable bonds is 3. The van der Waals surface area contributed by atoms with Crippen molar-refractivity contribution in [2.24, 2.45) is 5.92 Å². The first-order valence-electron chi connectivity index (χ1n) is 5.33. The lowest BCUT2D eigenvalue weighted by Crippen LogP contribution is -2.48. The smallest absolute Gasteiger partial charge is 0.273 e. The van der Waals surface area contributed by atoms with E-state index in [0.29, 0.717) is 11.5 Å². The normalized spacial score (nSPS) is 15.8. The molecule has 0 saturated carbocycles. The number of hydrogen-bond donors (Lipinski definition) is 1. The average Bonchev–Trinajstić information content (AvgIpc) is 2.20. The molecule has 17 heavy (non-hydrogen) atoms. The molecule has 1 fully saturated rings. The summed E-state index contributed by atoms with van der Waals surface area (Å²) in [6.45, 7) is 3.52. The molecule has 1 aromatic carbocycles. The van der Waals surface area contributed by atoms with Crippen molar-refractivity contribution in [2.45, 2.75) is 6.92 Å². The fourth-order valence-corrected chi connectivity index (χ4v) is 2.56. The molecular weight excluding hydrogens is 288 g/mol. The van der Waals surface area contributed by atoms with E-state index < -0.39 is 0 Å². The van der Waals surface area contributed by atoms with Crippen molar-refractivity contribution >= 4 is 27.3 Å². The van der Waals surface area contributed by atoms with Crippen LogP contribution in [0.5, 0.6) is 0 Å². The van der Waals surface area contributed by atoms with Crippen molar-refractivity contribution < 1.29 is 10.0 Å². The Morgan fingerprint density at radius 1 is 1.59 bits per heavy atom. The zero-order chi connectivity index (χ0) is 12.6. The van der Waals surface area contributed by atoms with Gasteiger partial charge in [0.2, 0.25) is 0 Å². The first-order valence-corrected chi connectivity index (χ1v) is 6.12. The van der Waals surface area contributed by atoms with Gasteiger partial charge in [-0.1, -0.05) is 0 Å². The van der Waals surface area contributed by atoms with Crippen LogP contribution in [-0.2, 0) is 0 Å². The van der Waals surface area contributed by atoms with Crippen LogP contribution in [0.2, 0.25) is 0 Å². The summed E-state index contributed by atoms with van der Waals surface area (Å²) in [5.74, 6) is 0.317. The van der Waals surface area contributed by atoms with E-state index in [4.69, 9.17) is 5.11 Å². The second kappa shape index (κ2) is 4.62. The molecule has 0 unspecified atom stereocenters. The highest BCUT2D eigenvalue weighted by molar-refractivity contribution is 9.10. The highest BCUT2D eigenvalue weighted by atomic mass is 79.9. The van der Waals surface area contributed by atoms with Crippen molar-refractivity contribution in [1.82, 2.24) is 0 Å². The number of aryl methyl sites for hydroxylation is 1. The number of aliphatic hydroxyl groups excluding tert-OH is 1. The van der Waals surface area contributed by atoms with Gasteiger partial charge in [0.05, 0.1) is 10.6 Å². The molecule has 0 radical (unpaired) electrons. The second-order valence-electron chi connectivity index (χ2n) is 4.30. The zero-order valence-corrected chi connectivity index (χ0v) is 11.0. The quantitative estimate of drug-likeness (QED) is 0.686. The highest BCUT2D eigenvalue weighted by Gasteiger charge is 2.28. The number of nitro groups is 1. The minimum Gasteiger partial charge on any atom is -0.396 e. The first kappa shape index (κ1) is 12.3. The van der Waals surface area contributed by atoms with Crippen LogP contribution in [-0.4, -0.2) is 29.7 Å². The number of anilines is 1. The Hall–Kier alpha value is -1.14. The molecule has 2 rings (SSSR count). The predicted molar refractivity (Wildman–Crippen MR) is 68.3 cm³/mol. The number of halogens is 1. The summed E-state index contributed by atoms with van der Waals surface area (Å²) in [4.78, 5) is 12.5. The van der Waals surface area contributed by atoms with Gasteiger partial charge in [-0.3, -0.25) is 10.1 Å². The Balaban J connectivity index is 2.25. The molecule has 5 nitrogen and oxygen atoms in total. The molecule has 0 aliphatic carbocycles. The number of hydrogen-bond acceptors (Lipinski definition) is 4. The van der Waals surface area contributed by atoms with Gasteiger partial charge in [0.25, 0.3) is 5.69 Å². The zero-order valence-electron chi connectivity index (χ0n) is 9.39. The summed E-state index contributed by atoms with van der Waals surface area (Å²) in [7, 11) is 0. The SMILES string of the molecule is Cc1cc(N2CC(CO)C2)c(Br)cc1[N+](=O)[O-]. The molecule has 1 aliphatic rings. The first-order chi connectivity index (χ1) is 8.02. The van der Waals surface area contributed by atoms with E-state index >= 15 is 0 Å². The minimum absolute atomic E-state index is 0.125. The monoisotopic (exact) mass is 300 g/mol. The van der Waals surface area contributed by atoms with E-state index in [2.05, 4.69) is 20.8 Å². The Kier molecular flexibility index (Phi) is 3.35. The fraction of sp³-hybridized carbons (Fsp3) is 0.455. The third-order valence-corrected chi connectivity index (χ3v) is 3.65. The van der Waals surface area contributed by atoms with Crippen LogP contribution in [0.1, 0.15) is 5.56 Å². The maximum atomic E-state index is 10.8. The van der Waals surface area contributed by atoms with Crippen LogP contribution in [0.4, 0.5) is 11.4 Å². The maximum absolute atomic E-state index is 10.8. The molecule has 0 atom stereocenters. The molecule has 1 aliphatic heterocycles. The molecule has 0 aromatic heterocycles. The molecule has 0 bridgehead atoms. The van der Waals surface area contributed by atoms with Crippen molar-refractivity contribution in [3.05, 3.63) is 32.3 Å². The van der Waals surface area contributed by atoms with E-state index in [-0.39, 0.29) is 17.2 Å². The molecule has 0 amide bonds. The lowest BCUT2D eigenvalue weighted by Gasteiger charge is -2.40. The Labute approximate surface area is 107 Å². The molecule has 1 saturated heterocycles. The van der Waals surface area contributed by atoms with E-state index in [9.17, 15) is 10.1 Å². The third kappa shape index (κ3) is 2.28. The van der Waals surface area contributed by atoms with Crippen LogP contribution in [0.3, 0.4) is 0 Å². The van der Waals surface area contributed by atoms with Crippen LogP contribution < -0.4 is 4.90 Å². The molecular formula is C11H13BrN2O3. The third-order valence-electron chi connectivity index (χ3n) is 3.02. The maximum Gasteiger partial charge on any atom is 0.273 e. The van der Waals surface area contributed by atoms with Crippen molar-refractivity contribution in [1.29, 1.82) is 0 Å². The minimum atomic E-state index is -0.378. The number of benzene rings is 1. The Morgan fingerprint density at radius 2 is 2.24 bits per heavy atom. The van der Waals surface area contributed by atoms with Gasteiger partial charge in [0.15, 0.2) is 0 Å². The van der Waals surface area contributed by atoms with Gasteiger partial charge in [0, 0.05) is 41.7 Å². The summed E-state index contributed by atoms with van der Waals surface area (Å²) in [5, 5.41) is 19.7. The van der Waals surface area contributed by atoms with Gasteiger partial charge >= 0.3 is 0 Å². The lowest BCUT2D eigenvalue weighted by atomic mass is 10.00. The number of aliphatic hydroxyl groups is 1. The number of nitro benzene ring substituents is 1. The molecule has 1 heterocycles. The molecule has 1 aromatic rings. The largest absolute Gasteiger partial charge is 0.396 e. The van der Waals surface area contributed by atoms with Crippen LogP contribution in [0, 0.1) is 23.0 Å². The van der Waals surface area contributed by atoms with Gasteiger partial charge in [-0.2, -0.15) is 0 Å². The second-order valence-corrected chi connectivity index (χ2v) is 5.16. The standard InChI is InChI=1S/C11H13BrN2O3/c1-7-2-11(13-4-8(5-13)6-15)9(12)3-10(7)14(16)17/h2-3,8,15H,4-6H2,1H3. The topological polar surface area (TPSA) is 66.6 Å². The lowest BCUT2D eigenvalue weighted by molar-refractivity contribution is -0.385. The Bertz CT molecular complexity index is 458. The van der Waals surface area contributed by atoms with Crippen LogP contribution in [0.25, 0.3) is 0 Å². The van der Waals surface area contributed by atoms with Crippen LogP contribution in [0.15, 0.2) is 16.6 Å². The average molecular weight is 301 g/mol. The van der Waals surface area contributed by atoms with Crippen LogP contribution >= 0.6 is 15.9 Å². The van der Waals surface area contributed by atoms with Crippen molar-refractivity contribution in [2.75, 3.05) is 24.6 Å². The van der Waals surface area contributed by atoms with Crippen molar-refractivity contribution in [3.8, 4) is 0 Å². The molecule has 1 N–H and O–H groups in total.